The van der Waals surface area contributed by atoms with E-state index in [4.69, 9.17) is 0 Å². The molecule has 1 aromatic carbocycles. The van der Waals surface area contributed by atoms with Gasteiger partial charge in [-0.1, -0.05) is 12.1 Å². The summed E-state index contributed by atoms with van der Waals surface area (Å²) in [6.45, 7) is 4.20. The summed E-state index contributed by atoms with van der Waals surface area (Å²) in [4.78, 5) is 15.8. The fraction of sp³-hybridized carbons (Fsp3) is 0.417. The van der Waals surface area contributed by atoms with Crippen LogP contribution in [0.2, 0.25) is 0 Å². The van der Waals surface area contributed by atoms with Crippen LogP contribution < -0.4 is 15.1 Å². The molecule has 0 bridgehead atoms. The fourth-order valence-corrected chi connectivity index (χ4v) is 1.96. The van der Waals surface area contributed by atoms with Gasteiger partial charge < -0.3 is 10.2 Å². The van der Waals surface area contributed by atoms with Crippen LogP contribution in [0.15, 0.2) is 24.3 Å². The zero-order valence-corrected chi connectivity index (χ0v) is 9.73. The molecule has 4 heteroatoms. The minimum atomic E-state index is -0.0111. The summed E-state index contributed by atoms with van der Waals surface area (Å²) in [7, 11) is 2.05. The Morgan fingerprint density at radius 1 is 1.31 bits per heavy atom. The van der Waals surface area contributed by atoms with Crippen molar-refractivity contribution in [2.45, 2.75) is 6.92 Å². The number of fused-ring (bicyclic) bond motifs is 1. The van der Waals surface area contributed by atoms with Crippen molar-refractivity contribution >= 4 is 17.4 Å². The highest BCUT2D eigenvalue weighted by atomic mass is 16.2. The van der Waals surface area contributed by atoms with E-state index < -0.39 is 0 Å². The van der Waals surface area contributed by atoms with Crippen molar-refractivity contribution in [2.75, 3.05) is 36.5 Å². The lowest BCUT2D eigenvalue weighted by Crippen LogP contribution is -2.47. The summed E-state index contributed by atoms with van der Waals surface area (Å²) in [5.41, 5.74) is 2.10. The number of hydrogen-bond acceptors (Lipinski definition) is 2. The lowest BCUT2D eigenvalue weighted by Gasteiger charge is -2.35. The second-order valence-electron chi connectivity index (χ2n) is 3.90. The van der Waals surface area contributed by atoms with Crippen LogP contribution in [0, 0.1) is 0 Å². The first-order valence-electron chi connectivity index (χ1n) is 5.59. The first-order chi connectivity index (χ1) is 7.74. The molecule has 1 heterocycles. The highest BCUT2D eigenvalue weighted by molar-refractivity contribution is 5.96. The molecule has 1 aromatic rings. The van der Waals surface area contributed by atoms with Crippen LogP contribution in [-0.4, -0.2) is 32.7 Å². The predicted molar refractivity (Wildman–Crippen MR) is 66.1 cm³/mol. The van der Waals surface area contributed by atoms with Crippen LogP contribution in [0.1, 0.15) is 6.92 Å². The number of nitrogens with one attached hydrogen (secondary N) is 1. The van der Waals surface area contributed by atoms with Gasteiger partial charge in [0, 0.05) is 26.7 Å². The number of likely N-dealkylation sites (N-methyl/N-ethyl adjacent to an activating group) is 1. The molecule has 0 unspecified atom stereocenters. The van der Waals surface area contributed by atoms with E-state index in [1.54, 1.807) is 4.90 Å². The molecule has 2 amide bonds. The maximum absolute atomic E-state index is 11.9. The van der Waals surface area contributed by atoms with Crippen molar-refractivity contribution < 1.29 is 4.79 Å². The van der Waals surface area contributed by atoms with Gasteiger partial charge in [0.2, 0.25) is 0 Å². The minimum absolute atomic E-state index is 0.0111. The molecule has 16 heavy (non-hydrogen) atoms. The summed E-state index contributed by atoms with van der Waals surface area (Å²) < 4.78 is 0. The molecule has 2 rings (SSSR count). The van der Waals surface area contributed by atoms with Gasteiger partial charge in [0.25, 0.3) is 0 Å². The average molecular weight is 219 g/mol. The van der Waals surface area contributed by atoms with E-state index in [2.05, 4.69) is 10.2 Å². The lowest BCUT2D eigenvalue weighted by atomic mass is 10.2. The Morgan fingerprint density at radius 2 is 2.00 bits per heavy atom. The third-order valence-corrected chi connectivity index (χ3v) is 2.82. The third kappa shape index (κ3) is 1.83. The Balaban J connectivity index is 2.31. The number of rotatable bonds is 1. The van der Waals surface area contributed by atoms with Gasteiger partial charge in [-0.2, -0.15) is 0 Å². The molecule has 1 aliphatic rings. The maximum atomic E-state index is 11.9. The highest BCUT2D eigenvalue weighted by Crippen LogP contribution is 2.31. The van der Waals surface area contributed by atoms with Gasteiger partial charge in [-0.05, 0) is 19.1 Å². The second-order valence-corrected chi connectivity index (χ2v) is 3.90. The number of carbonyl (C=O) groups is 1. The van der Waals surface area contributed by atoms with Crippen LogP contribution in [-0.2, 0) is 0 Å². The van der Waals surface area contributed by atoms with E-state index >= 15 is 0 Å². The first-order valence-corrected chi connectivity index (χ1v) is 5.59. The Kier molecular flexibility index (Phi) is 2.99. The van der Waals surface area contributed by atoms with Gasteiger partial charge in [0.1, 0.15) is 0 Å². The molecule has 0 saturated carbocycles. The SMILES string of the molecule is CCNC(=O)N1CCN(C)c2ccccc21. The van der Waals surface area contributed by atoms with Gasteiger partial charge in [0.15, 0.2) is 0 Å². The Labute approximate surface area is 95.8 Å². The van der Waals surface area contributed by atoms with Crippen LogP contribution in [0.3, 0.4) is 0 Å². The van der Waals surface area contributed by atoms with E-state index in [1.807, 2.05) is 38.2 Å². The maximum Gasteiger partial charge on any atom is 0.321 e. The molecule has 0 atom stereocenters. The molecule has 0 radical (unpaired) electrons. The zero-order chi connectivity index (χ0) is 11.5. The number of amides is 2. The fourth-order valence-electron chi connectivity index (χ4n) is 1.96. The summed E-state index contributed by atoms with van der Waals surface area (Å²) >= 11 is 0. The van der Waals surface area contributed by atoms with Crippen molar-refractivity contribution in [3.8, 4) is 0 Å². The second kappa shape index (κ2) is 4.43. The van der Waals surface area contributed by atoms with E-state index in [1.165, 1.54) is 0 Å². The molecule has 4 nitrogen and oxygen atoms in total. The normalized spacial score (nSPS) is 14.6. The van der Waals surface area contributed by atoms with Crippen LogP contribution in [0.4, 0.5) is 16.2 Å². The largest absolute Gasteiger partial charge is 0.371 e. The van der Waals surface area contributed by atoms with E-state index in [0.717, 1.165) is 24.5 Å². The number of anilines is 2. The average Bonchev–Trinajstić information content (AvgIpc) is 2.30. The summed E-state index contributed by atoms with van der Waals surface area (Å²) in [5, 5.41) is 2.84. The van der Waals surface area contributed by atoms with Crippen molar-refractivity contribution in [1.82, 2.24) is 5.32 Å². The highest BCUT2D eigenvalue weighted by Gasteiger charge is 2.23. The Bertz CT molecular complexity index is 392. The van der Waals surface area contributed by atoms with Gasteiger partial charge in [-0.15, -0.1) is 0 Å². The molecule has 0 fully saturated rings. The topological polar surface area (TPSA) is 35.6 Å². The summed E-state index contributed by atoms with van der Waals surface area (Å²) in [6.07, 6.45) is 0. The molecule has 1 N–H and O–H groups in total. The number of benzene rings is 1. The smallest absolute Gasteiger partial charge is 0.321 e. The predicted octanol–water partition coefficient (Wildman–Crippen LogP) is 1.67. The molecule has 1 aliphatic heterocycles. The lowest BCUT2D eigenvalue weighted by molar-refractivity contribution is 0.246. The zero-order valence-electron chi connectivity index (χ0n) is 9.73. The van der Waals surface area contributed by atoms with Crippen molar-refractivity contribution in [3.05, 3.63) is 24.3 Å². The Morgan fingerprint density at radius 3 is 2.69 bits per heavy atom. The summed E-state index contributed by atoms with van der Waals surface area (Å²) in [5.74, 6) is 0. The number of nitrogens with zero attached hydrogens (tertiary/aromatic N) is 2. The molecule has 0 aromatic heterocycles. The first kappa shape index (κ1) is 10.8. The van der Waals surface area contributed by atoms with Crippen molar-refractivity contribution in [3.63, 3.8) is 0 Å². The number of hydrogen-bond donors (Lipinski definition) is 1. The molecular formula is C12H17N3O. The van der Waals surface area contributed by atoms with Crippen molar-refractivity contribution in [2.24, 2.45) is 0 Å². The molecule has 0 spiro atoms. The molecule has 0 aliphatic carbocycles. The van der Waals surface area contributed by atoms with E-state index in [-0.39, 0.29) is 6.03 Å². The van der Waals surface area contributed by atoms with Crippen molar-refractivity contribution in [1.29, 1.82) is 0 Å². The molecule has 86 valence electrons. The van der Waals surface area contributed by atoms with Crippen LogP contribution in [0.5, 0.6) is 0 Å². The minimum Gasteiger partial charge on any atom is -0.371 e. The third-order valence-electron chi connectivity index (χ3n) is 2.82. The monoisotopic (exact) mass is 219 g/mol. The van der Waals surface area contributed by atoms with Gasteiger partial charge in [-0.25, -0.2) is 4.79 Å². The number of para-hydroxylation sites is 2. The number of urea groups is 1. The molecular weight excluding hydrogens is 202 g/mol. The Hall–Kier alpha value is -1.71. The van der Waals surface area contributed by atoms with Gasteiger partial charge >= 0.3 is 6.03 Å². The van der Waals surface area contributed by atoms with Crippen LogP contribution >= 0.6 is 0 Å². The quantitative estimate of drug-likeness (QED) is 0.780. The van der Waals surface area contributed by atoms with Gasteiger partial charge in [-0.3, -0.25) is 4.90 Å². The molecule has 0 saturated heterocycles. The summed E-state index contributed by atoms with van der Waals surface area (Å²) in [6, 6.07) is 7.98. The standard InChI is InChI=1S/C12H17N3O/c1-3-13-12(16)15-9-8-14(2)10-6-4-5-7-11(10)15/h4-7H,3,8-9H2,1-2H3,(H,13,16). The number of carbonyl (C=O) groups excluding carboxylic acids is 1. The van der Waals surface area contributed by atoms with Crippen LogP contribution in [0.25, 0.3) is 0 Å². The van der Waals surface area contributed by atoms with E-state index in [9.17, 15) is 4.79 Å². The van der Waals surface area contributed by atoms with E-state index in [0.29, 0.717) is 6.54 Å². The van der Waals surface area contributed by atoms with Gasteiger partial charge in [0.05, 0.1) is 11.4 Å².